The molecule has 1 aliphatic heterocycles. The zero-order valence-electron chi connectivity index (χ0n) is 12.3. The fourth-order valence-corrected chi connectivity index (χ4v) is 2.93. The Morgan fingerprint density at radius 3 is 2.90 bits per heavy atom. The van der Waals surface area contributed by atoms with Crippen molar-refractivity contribution in [2.75, 3.05) is 26.7 Å². The Bertz CT molecular complexity index is 641. The summed E-state index contributed by atoms with van der Waals surface area (Å²) >= 11 is 0. The number of benzene rings is 2. The zero-order chi connectivity index (χ0) is 14.7. The highest BCUT2D eigenvalue weighted by molar-refractivity contribution is 5.83. The molecule has 0 saturated carbocycles. The first-order chi connectivity index (χ1) is 10.3. The van der Waals surface area contributed by atoms with Gasteiger partial charge in [-0.15, -0.1) is 0 Å². The first-order valence-corrected chi connectivity index (χ1v) is 7.42. The lowest BCUT2D eigenvalue weighted by Gasteiger charge is -2.34. The highest BCUT2D eigenvalue weighted by atomic mass is 16.2. The third-order valence-corrected chi connectivity index (χ3v) is 4.10. The van der Waals surface area contributed by atoms with Crippen LogP contribution in [0.2, 0.25) is 0 Å². The molecule has 0 aromatic heterocycles. The van der Waals surface area contributed by atoms with Gasteiger partial charge in [0.1, 0.15) is 6.04 Å². The molecule has 110 valence electrons. The molecule has 0 radical (unpaired) electrons. The maximum atomic E-state index is 12.0. The predicted octanol–water partition coefficient (Wildman–Crippen LogP) is 1.36. The summed E-state index contributed by atoms with van der Waals surface area (Å²) in [4.78, 5) is 14.2. The van der Waals surface area contributed by atoms with Crippen LogP contribution >= 0.6 is 0 Å². The molecule has 1 atom stereocenters. The standard InChI is InChI=1S/C17H21N3O/c1-18-17(21)16-11-19-8-9-20(16)12-13-6-7-14-4-2-3-5-15(14)10-13/h2-7,10,16,19H,8-9,11-12H2,1H3,(H,18,21). The number of hydrogen-bond acceptors (Lipinski definition) is 3. The number of nitrogens with one attached hydrogen (secondary N) is 2. The summed E-state index contributed by atoms with van der Waals surface area (Å²) in [5.74, 6) is 0.0861. The molecule has 0 spiro atoms. The number of hydrogen-bond donors (Lipinski definition) is 2. The Hall–Kier alpha value is -1.91. The number of nitrogens with zero attached hydrogens (tertiary/aromatic N) is 1. The van der Waals surface area contributed by atoms with Gasteiger partial charge in [0.25, 0.3) is 0 Å². The van der Waals surface area contributed by atoms with Crippen molar-refractivity contribution in [1.82, 2.24) is 15.5 Å². The van der Waals surface area contributed by atoms with E-state index in [1.165, 1.54) is 16.3 Å². The van der Waals surface area contributed by atoms with Crippen LogP contribution < -0.4 is 10.6 Å². The van der Waals surface area contributed by atoms with Crippen molar-refractivity contribution < 1.29 is 4.79 Å². The fourth-order valence-electron chi connectivity index (χ4n) is 2.93. The van der Waals surface area contributed by atoms with Gasteiger partial charge in [-0.05, 0) is 22.4 Å². The first-order valence-electron chi connectivity index (χ1n) is 7.42. The molecule has 1 unspecified atom stereocenters. The molecule has 1 saturated heterocycles. The van der Waals surface area contributed by atoms with Gasteiger partial charge in [-0.1, -0.05) is 36.4 Å². The Balaban J connectivity index is 1.80. The van der Waals surface area contributed by atoms with Crippen LogP contribution in [0, 0.1) is 0 Å². The van der Waals surface area contributed by atoms with E-state index in [2.05, 4.69) is 58.0 Å². The van der Waals surface area contributed by atoms with Crippen LogP contribution in [0.15, 0.2) is 42.5 Å². The average Bonchev–Trinajstić information content (AvgIpc) is 2.54. The molecule has 0 bridgehead atoms. The summed E-state index contributed by atoms with van der Waals surface area (Å²) in [5.41, 5.74) is 1.25. The normalized spacial score (nSPS) is 19.6. The first kappa shape index (κ1) is 14.0. The quantitative estimate of drug-likeness (QED) is 0.894. The van der Waals surface area contributed by atoms with E-state index in [0.717, 1.165) is 19.6 Å². The lowest BCUT2D eigenvalue weighted by Crippen LogP contribution is -2.56. The molecule has 3 rings (SSSR count). The maximum absolute atomic E-state index is 12.0. The second-order valence-electron chi connectivity index (χ2n) is 5.49. The predicted molar refractivity (Wildman–Crippen MR) is 85.1 cm³/mol. The van der Waals surface area contributed by atoms with Crippen molar-refractivity contribution in [2.45, 2.75) is 12.6 Å². The van der Waals surface area contributed by atoms with Crippen LogP contribution in [0.3, 0.4) is 0 Å². The van der Waals surface area contributed by atoms with Crippen molar-refractivity contribution in [2.24, 2.45) is 0 Å². The van der Waals surface area contributed by atoms with E-state index in [1.54, 1.807) is 7.05 Å². The van der Waals surface area contributed by atoms with Crippen molar-refractivity contribution in [3.63, 3.8) is 0 Å². The number of carbonyl (C=O) groups is 1. The minimum Gasteiger partial charge on any atom is -0.358 e. The van der Waals surface area contributed by atoms with Gasteiger partial charge in [-0.2, -0.15) is 0 Å². The molecule has 4 heteroatoms. The van der Waals surface area contributed by atoms with Crippen molar-refractivity contribution in [1.29, 1.82) is 0 Å². The number of amides is 1. The maximum Gasteiger partial charge on any atom is 0.238 e. The van der Waals surface area contributed by atoms with Gasteiger partial charge < -0.3 is 10.6 Å². The topological polar surface area (TPSA) is 44.4 Å². The minimum atomic E-state index is -0.0878. The summed E-state index contributed by atoms with van der Waals surface area (Å²) in [5, 5.41) is 8.56. The SMILES string of the molecule is CNC(=O)C1CNCCN1Cc1ccc2ccccc2c1. The minimum absolute atomic E-state index is 0.0861. The summed E-state index contributed by atoms with van der Waals surface area (Å²) in [7, 11) is 1.70. The molecule has 1 amide bonds. The van der Waals surface area contributed by atoms with Gasteiger partial charge in [-0.3, -0.25) is 9.69 Å². The molecule has 4 nitrogen and oxygen atoms in total. The van der Waals surface area contributed by atoms with Crippen LogP contribution in [-0.2, 0) is 11.3 Å². The molecular formula is C17H21N3O. The summed E-state index contributed by atoms with van der Waals surface area (Å²) in [6, 6.07) is 14.8. The Morgan fingerprint density at radius 1 is 1.29 bits per heavy atom. The van der Waals surface area contributed by atoms with E-state index >= 15 is 0 Å². The van der Waals surface area contributed by atoms with Crippen LogP contribution in [0.1, 0.15) is 5.56 Å². The molecular weight excluding hydrogens is 262 g/mol. The number of piperazine rings is 1. The van der Waals surface area contributed by atoms with E-state index in [4.69, 9.17) is 0 Å². The van der Waals surface area contributed by atoms with Crippen molar-refractivity contribution in [3.8, 4) is 0 Å². The molecule has 0 aliphatic carbocycles. The van der Waals surface area contributed by atoms with Gasteiger partial charge in [-0.25, -0.2) is 0 Å². The van der Waals surface area contributed by atoms with Gasteiger partial charge in [0, 0.05) is 33.2 Å². The van der Waals surface area contributed by atoms with Crippen molar-refractivity contribution >= 4 is 16.7 Å². The van der Waals surface area contributed by atoms with E-state index in [0.29, 0.717) is 6.54 Å². The summed E-state index contributed by atoms with van der Waals surface area (Å²) in [6.07, 6.45) is 0. The highest BCUT2D eigenvalue weighted by Gasteiger charge is 2.27. The Kier molecular flexibility index (Phi) is 4.18. The monoisotopic (exact) mass is 283 g/mol. The number of fused-ring (bicyclic) bond motifs is 1. The largest absolute Gasteiger partial charge is 0.358 e. The molecule has 21 heavy (non-hydrogen) atoms. The zero-order valence-corrected chi connectivity index (χ0v) is 12.3. The molecule has 1 aliphatic rings. The van der Waals surface area contributed by atoms with E-state index in [9.17, 15) is 4.79 Å². The average molecular weight is 283 g/mol. The number of rotatable bonds is 3. The van der Waals surface area contributed by atoms with Gasteiger partial charge >= 0.3 is 0 Å². The van der Waals surface area contributed by atoms with E-state index < -0.39 is 0 Å². The van der Waals surface area contributed by atoms with Crippen LogP contribution in [0.4, 0.5) is 0 Å². The van der Waals surface area contributed by atoms with Crippen LogP contribution in [0.5, 0.6) is 0 Å². The fraction of sp³-hybridized carbons (Fsp3) is 0.353. The highest BCUT2D eigenvalue weighted by Crippen LogP contribution is 2.18. The van der Waals surface area contributed by atoms with Crippen LogP contribution in [-0.4, -0.2) is 43.5 Å². The van der Waals surface area contributed by atoms with Gasteiger partial charge in [0.15, 0.2) is 0 Å². The molecule has 1 fully saturated rings. The number of likely N-dealkylation sites (N-methyl/N-ethyl adjacent to an activating group) is 1. The molecule has 2 N–H and O–H groups in total. The summed E-state index contributed by atoms with van der Waals surface area (Å²) in [6.45, 7) is 3.35. The smallest absolute Gasteiger partial charge is 0.238 e. The molecule has 2 aromatic rings. The third kappa shape index (κ3) is 3.06. The third-order valence-electron chi connectivity index (χ3n) is 4.10. The lowest BCUT2D eigenvalue weighted by atomic mass is 10.1. The second-order valence-corrected chi connectivity index (χ2v) is 5.49. The van der Waals surface area contributed by atoms with Crippen LogP contribution in [0.25, 0.3) is 10.8 Å². The second kappa shape index (κ2) is 6.24. The summed E-state index contributed by atoms with van der Waals surface area (Å²) < 4.78 is 0. The van der Waals surface area contributed by atoms with Gasteiger partial charge in [0.2, 0.25) is 5.91 Å². The van der Waals surface area contributed by atoms with E-state index in [-0.39, 0.29) is 11.9 Å². The van der Waals surface area contributed by atoms with E-state index in [1.807, 2.05) is 0 Å². The molecule has 2 aromatic carbocycles. The Morgan fingerprint density at radius 2 is 2.10 bits per heavy atom. The number of carbonyl (C=O) groups excluding carboxylic acids is 1. The lowest BCUT2D eigenvalue weighted by molar-refractivity contribution is -0.126. The van der Waals surface area contributed by atoms with Gasteiger partial charge in [0.05, 0.1) is 0 Å². The molecule has 1 heterocycles. The van der Waals surface area contributed by atoms with Crippen molar-refractivity contribution in [3.05, 3.63) is 48.0 Å². The Labute approximate surface area is 125 Å².